The van der Waals surface area contributed by atoms with E-state index in [0.29, 0.717) is 6.07 Å². The number of rotatable bonds is 3. The van der Waals surface area contributed by atoms with Crippen molar-refractivity contribution in [2.75, 3.05) is 10.7 Å². The quantitative estimate of drug-likeness (QED) is 0.599. The molecule has 0 atom stereocenters. The monoisotopic (exact) mass is 288 g/mol. The molecule has 0 radical (unpaired) electrons. The molecule has 8 heteroatoms. The summed E-state index contributed by atoms with van der Waals surface area (Å²) in [5, 5.41) is 2.58. The van der Waals surface area contributed by atoms with Crippen molar-refractivity contribution in [3.63, 3.8) is 0 Å². The zero-order valence-electron chi connectivity index (χ0n) is 9.35. The van der Waals surface area contributed by atoms with Gasteiger partial charge in [0, 0.05) is 11.1 Å². The second-order valence-electron chi connectivity index (χ2n) is 3.54. The van der Waals surface area contributed by atoms with Crippen LogP contribution in [-0.2, 0) is 0 Å². The summed E-state index contributed by atoms with van der Waals surface area (Å²) in [6.07, 6.45) is 0. The highest BCUT2D eigenvalue weighted by molar-refractivity contribution is 6.30. The Balaban J connectivity index is 2.37. The fourth-order valence-electron chi connectivity index (χ4n) is 1.37. The second-order valence-corrected chi connectivity index (χ2v) is 3.98. The minimum absolute atomic E-state index is 0.0506. The van der Waals surface area contributed by atoms with Crippen LogP contribution in [0.2, 0.25) is 5.02 Å². The summed E-state index contributed by atoms with van der Waals surface area (Å²) in [7, 11) is 0. The van der Waals surface area contributed by atoms with Gasteiger partial charge in [-0.2, -0.15) is 0 Å². The molecule has 100 valence electrons. The Kier molecular flexibility index (Phi) is 3.77. The molecule has 0 spiro atoms. The van der Waals surface area contributed by atoms with Crippen LogP contribution in [0.5, 0.6) is 0 Å². The number of hydrogen-bond acceptors (Lipinski definition) is 4. The van der Waals surface area contributed by atoms with Gasteiger partial charge in [-0.3, -0.25) is 0 Å². The number of halogens is 4. The third kappa shape index (κ3) is 2.88. The van der Waals surface area contributed by atoms with Gasteiger partial charge in [0.2, 0.25) is 0 Å². The Morgan fingerprint density at radius 2 is 1.68 bits per heavy atom. The summed E-state index contributed by atoms with van der Waals surface area (Å²) in [5.41, 5.74) is 1.91. The first-order chi connectivity index (χ1) is 9.01. The largest absolute Gasteiger partial charge is 0.335 e. The number of pyridine rings is 1. The molecule has 0 aliphatic rings. The van der Waals surface area contributed by atoms with Crippen molar-refractivity contribution in [2.45, 2.75) is 0 Å². The number of nitrogens with zero attached hydrogens (tertiary/aromatic N) is 1. The number of hydrogen-bond donors (Lipinski definition) is 3. The number of nitrogen functional groups attached to an aromatic ring is 1. The normalized spacial score (nSPS) is 10.4. The maximum Gasteiger partial charge on any atom is 0.178 e. The fraction of sp³-hybridized carbons (Fsp3) is 0. The van der Waals surface area contributed by atoms with Gasteiger partial charge in [0.05, 0.1) is 5.69 Å². The van der Waals surface area contributed by atoms with Gasteiger partial charge in [0.15, 0.2) is 23.3 Å². The summed E-state index contributed by atoms with van der Waals surface area (Å²) in [6.45, 7) is 0. The summed E-state index contributed by atoms with van der Waals surface area (Å²) in [5.74, 6) is 1.66. The Labute approximate surface area is 111 Å². The van der Waals surface area contributed by atoms with Gasteiger partial charge >= 0.3 is 0 Å². The lowest BCUT2D eigenvalue weighted by Gasteiger charge is -2.10. The van der Waals surface area contributed by atoms with E-state index >= 15 is 0 Å². The van der Waals surface area contributed by atoms with E-state index in [2.05, 4.69) is 10.3 Å². The molecule has 1 aromatic heterocycles. The van der Waals surface area contributed by atoms with Crippen LogP contribution in [0, 0.1) is 17.5 Å². The number of benzene rings is 1. The first-order valence-electron chi connectivity index (χ1n) is 5.06. The van der Waals surface area contributed by atoms with Crippen molar-refractivity contribution in [3.8, 4) is 0 Å². The van der Waals surface area contributed by atoms with E-state index in [4.69, 9.17) is 17.4 Å². The van der Waals surface area contributed by atoms with Crippen LogP contribution < -0.4 is 16.6 Å². The fourth-order valence-corrected chi connectivity index (χ4v) is 1.53. The lowest BCUT2D eigenvalue weighted by Crippen LogP contribution is -2.12. The summed E-state index contributed by atoms with van der Waals surface area (Å²) >= 11 is 5.59. The van der Waals surface area contributed by atoms with Crippen molar-refractivity contribution < 1.29 is 13.2 Å². The average molecular weight is 289 g/mol. The van der Waals surface area contributed by atoms with Crippen LogP contribution >= 0.6 is 11.6 Å². The number of aromatic nitrogens is 1. The number of nitrogens with two attached hydrogens (primary N) is 1. The van der Waals surface area contributed by atoms with Crippen molar-refractivity contribution >= 4 is 28.9 Å². The first-order valence-corrected chi connectivity index (χ1v) is 5.44. The summed E-state index contributed by atoms with van der Waals surface area (Å²) < 4.78 is 40.1. The van der Waals surface area contributed by atoms with E-state index in [1.165, 1.54) is 12.1 Å². The number of hydrazine groups is 1. The Bertz CT molecular complexity index is 621. The SMILES string of the molecule is NNc1nc(Nc2ccc(Cl)cc2F)c(F)cc1F. The molecule has 0 unspecified atom stereocenters. The number of anilines is 3. The molecule has 1 aromatic carbocycles. The van der Waals surface area contributed by atoms with Crippen LogP contribution in [0.4, 0.5) is 30.5 Å². The van der Waals surface area contributed by atoms with Crippen LogP contribution in [0.1, 0.15) is 0 Å². The van der Waals surface area contributed by atoms with Crippen LogP contribution in [0.3, 0.4) is 0 Å². The molecule has 0 bridgehead atoms. The van der Waals surface area contributed by atoms with Gasteiger partial charge in [-0.1, -0.05) is 11.6 Å². The Morgan fingerprint density at radius 3 is 2.32 bits per heavy atom. The van der Waals surface area contributed by atoms with Gasteiger partial charge in [0.25, 0.3) is 0 Å². The second kappa shape index (κ2) is 5.33. The highest BCUT2D eigenvalue weighted by atomic mass is 35.5. The molecule has 2 aromatic rings. The van der Waals surface area contributed by atoms with E-state index in [-0.39, 0.29) is 22.3 Å². The molecule has 4 N–H and O–H groups in total. The van der Waals surface area contributed by atoms with E-state index in [0.717, 1.165) is 6.07 Å². The molecule has 1 heterocycles. The van der Waals surface area contributed by atoms with Gasteiger partial charge in [-0.25, -0.2) is 24.0 Å². The topological polar surface area (TPSA) is 63.0 Å². The zero-order valence-corrected chi connectivity index (χ0v) is 10.1. The highest BCUT2D eigenvalue weighted by Gasteiger charge is 2.13. The van der Waals surface area contributed by atoms with Crippen molar-refractivity contribution in [3.05, 3.63) is 46.7 Å². The molecule has 0 fully saturated rings. The van der Waals surface area contributed by atoms with Gasteiger partial charge in [-0.05, 0) is 18.2 Å². The standard InChI is InChI=1S/C11H8ClF3N4/c12-5-1-2-9(6(13)3-5)17-10-7(14)4-8(15)11(18-10)19-16/h1-4H,16H2,(H2,17,18,19). The van der Waals surface area contributed by atoms with Crippen LogP contribution in [-0.4, -0.2) is 4.98 Å². The molecular weight excluding hydrogens is 281 g/mol. The predicted molar refractivity (Wildman–Crippen MR) is 66.7 cm³/mol. The Morgan fingerprint density at radius 1 is 1.00 bits per heavy atom. The van der Waals surface area contributed by atoms with Crippen LogP contribution in [0.25, 0.3) is 0 Å². The molecule has 4 nitrogen and oxygen atoms in total. The predicted octanol–water partition coefficient (Wildman–Crippen LogP) is 3.18. The van der Waals surface area contributed by atoms with Gasteiger partial charge < -0.3 is 10.7 Å². The molecule has 0 saturated carbocycles. The van der Waals surface area contributed by atoms with E-state index < -0.39 is 17.5 Å². The number of nitrogens with one attached hydrogen (secondary N) is 2. The third-order valence-corrected chi connectivity index (χ3v) is 2.49. The molecule has 19 heavy (non-hydrogen) atoms. The third-order valence-electron chi connectivity index (χ3n) is 2.25. The first kappa shape index (κ1) is 13.4. The van der Waals surface area contributed by atoms with Crippen molar-refractivity contribution in [1.82, 2.24) is 4.98 Å². The molecule has 0 saturated heterocycles. The maximum atomic E-state index is 13.5. The summed E-state index contributed by atoms with van der Waals surface area (Å²) in [4.78, 5) is 3.55. The Hall–Kier alpha value is -1.99. The highest BCUT2D eigenvalue weighted by Crippen LogP contribution is 2.25. The minimum atomic E-state index is -0.981. The average Bonchev–Trinajstić information content (AvgIpc) is 2.35. The van der Waals surface area contributed by atoms with E-state index in [1.807, 2.05) is 5.43 Å². The van der Waals surface area contributed by atoms with Crippen molar-refractivity contribution in [1.29, 1.82) is 0 Å². The summed E-state index contributed by atoms with van der Waals surface area (Å²) in [6, 6.07) is 4.35. The van der Waals surface area contributed by atoms with Crippen LogP contribution in [0.15, 0.2) is 24.3 Å². The lowest BCUT2D eigenvalue weighted by molar-refractivity contribution is 0.579. The van der Waals surface area contributed by atoms with E-state index in [9.17, 15) is 13.2 Å². The molecule has 0 aliphatic heterocycles. The smallest absolute Gasteiger partial charge is 0.178 e. The maximum absolute atomic E-state index is 13.5. The van der Waals surface area contributed by atoms with Gasteiger partial charge in [0.1, 0.15) is 5.82 Å². The lowest BCUT2D eigenvalue weighted by atomic mass is 10.3. The van der Waals surface area contributed by atoms with E-state index in [1.54, 1.807) is 0 Å². The van der Waals surface area contributed by atoms with Crippen molar-refractivity contribution in [2.24, 2.45) is 5.84 Å². The molecule has 0 aliphatic carbocycles. The molecule has 0 amide bonds. The minimum Gasteiger partial charge on any atom is -0.335 e. The molecule has 2 rings (SSSR count). The zero-order chi connectivity index (χ0) is 14.0. The van der Waals surface area contributed by atoms with Gasteiger partial charge in [-0.15, -0.1) is 0 Å². The molecular formula is C11H8ClF3N4.